The monoisotopic (exact) mass is 383 g/mol. The average molecular weight is 383 g/mol. The normalized spacial score (nSPS) is 17.7. The molecule has 0 spiro atoms. The lowest BCUT2D eigenvalue weighted by Gasteiger charge is -2.21. The van der Waals surface area contributed by atoms with Crippen LogP contribution in [0.4, 0.5) is 0 Å². The van der Waals surface area contributed by atoms with Crippen LogP contribution in [0.1, 0.15) is 16.8 Å². The Morgan fingerprint density at radius 1 is 1.12 bits per heavy atom. The standard InChI is InChI=1S/C16H21N3O6S/c1-26(22,23)19-6-2-5-18(7-8-19)15(20)10-17-16(21)12-3-4-13-14(9-12)25-11-24-13/h3-4,9H,2,5-8,10-11H2,1H3,(H,17,21). The molecule has 0 unspecified atom stereocenters. The predicted octanol–water partition coefficient (Wildman–Crippen LogP) is -0.361. The maximum absolute atomic E-state index is 12.3. The summed E-state index contributed by atoms with van der Waals surface area (Å²) in [5, 5.41) is 2.59. The first-order valence-corrected chi connectivity index (χ1v) is 10.1. The van der Waals surface area contributed by atoms with Crippen LogP contribution in [-0.4, -0.2) is 75.2 Å². The van der Waals surface area contributed by atoms with Gasteiger partial charge in [-0.25, -0.2) is 12.7 Å². The topological polar surface area (TPSA) is 105 Å². The quantitative estimate of drug-likeness (QED) is 0.761. The number of amides is 2. The van der Waals surface area contributed by atoms with Crippen molar-refractivity contribution in [1.29, 1.82) is 0 Å². The summed E-state index contributed by atoms with van der Waals surface area (Å²) >= 11 is 0. The van der Waals surface area contributed by atoms with E-state index in [1.54, 1.807) is 23.1 Å². The first-order valence-electron chi connectivity index (χ1n) is 8.25. The Kier molecular flexibility index (Phi) is 5.33. The smallest absolute Gasteiger partial charge is 0.251 e. The zero-order valence-electron chi connectivity index (χ0n) is 14.4. The van der Waals surface area contributed by atoms with Crippen molar-refractivity contribution in [1.82, 2.24) is 14.5 Å². The molecule has 9 nitrogen and oxygen atoms in total. The molecular weight excluding hydrogens is 362 g/mol. The maximum Gasteiger partial charge on any atom is 0.251 e. The molecule has 26 heavy (non-hydrogen) atoms. The Labute approximate surface area is 151 Å². The summed E-state index contributed by atoms with van der Waals surface area (Å²) in [7, 11) is -3.26. The van der Waals surface area contributed by atoms with E-state index in [1.807, 2.05) is 0 Å². The van der Waals surface area contributed by atoms with E-state index in [-0.39, 0.29) is 31.7 Å². The van der Waals surface area contributed by atoms with Gasteiger partial charge in [0.2, 0.25) is 22.7 Å². The Morgan fingerprint density at radius 3 is 2.65 bits per heavy atom. The minimum Gasteiger partial charge on any atom is -0.454 e. The lowest BCUT2D eigenvalue weighted by atomic mass is 10.2. The molecule has 0 radical (unpaired) electrons. The summed E-state index contributed by atoms with van der Waals surface area (Å²) in [4.78, 5) is 26.1. The molecule has 0 saturated carbocycles. The number of nitrogens with one attached hydrogen (secondary N) is 1. The fourth-order valence-corrected chi connectivity index (χ4v) is 3.76. The zero-order valence-corrected chi connectivity index (χ0v) is 15.3. The van der Waals surface area contributed by atoms with Gasteiger partial charge in [0.15, 0.2) is 11.5 Å². The third-order valence-corrected chi connectivity index (χ3v) is 5.61. The fourth-order valence-electron chi connectivity index (χ4n) is 2.88. The molecule has 3 rings (SSSR count). The average Bonchev–Trinajstić information content (AvgIpc) is 2.91. The number of hydrogen-bond donors (Lipinski definition) is 1. The second kappa shape index (κ2) is 7.50. The van der Waals surface area contributed by atoms with E-state index in [0.29, 0.717) is 43.1 Å². The second-order valence-electron chi connectivity index (χ2n) is 6.15. The summed E-state index contributed by atoms with van der Waals surface area (Å²) in [6, 6.07) is 4.81. The van der Waals surface area contributed by atoms with Gasteiger partial charge in [-0.2, -0.15) is 0 Å². The molecule has 2 heterocycles. The van der Waals surface area contributed by atoms with E-state index in [1.165, 1.54) is 4.31 Å². The number of rotatable bonds is 4. The minimum absolute atomic E-state index is 0.123. The molecule has 1 aromatic rings. The molecule has 0 aromatic heterocycles. The molecule has 142 valence electrons. The molecule has 0 aliphatic carbocycles. The van der Waals surface area contributed by atoms with E-state index >= 15 is 0 Å². The molecule has 2 aliphatic heterocycles. The molecule has 2 amide bonds. The fraction of sp³-hybridized carbons (Fsp3) is 0.500. The number of carbonyl (C=O) groups excluding carboxylic acids is 2. The number of sulfonamides is 1. The van der Waals surface area contributed by atoms with E-state index in [0.717, 1.165) is 6.26 Å². The van der Waals surface area contributed by atoms with Gasteiger partial charge in [0.1, 0.15) is 0 Å². The summed E-state index contributed by atoms with van der Waals surface area (Å²) in [6.45, 7) is 1.41. The summed E-state index contributed by atoms with van der Waals surface area (Å²) in [5.74, 6) is 0.452. The van der Waals surface area contributed by atoms with Crippen molar-refractivity contribution in [3.63, 3.8) is 0 Å². The molecule has 1 aromatic carbocycles. The largest absolute Gasteiger partial charge is 0.454 e. The molecule has 1 saturated heterocycles. The summed E-state index contributed by atoms with van der Waals surface area (Å²) in [6.07, 6.45) is 1.73. The maximum atomic E-state index is 12.3. The van der Waals surface area contributed by atoms with Crippen LogP contribution in [0, 0.1) is 0 Å². The molecular formula is C16H21N3O6S. The van der Waals surface area contributed by atoms with Crippen LogP contribution in [0.15, 0.2) is 18.2 Å². The minimum atomic E-state index is -3.26. The van der Waals surface area contributed by atoms with Crippen LogP contribution in [0.2, 0.25) is 0 Å². The third kappa shape index (κ3) is 4.25. The van der Waals surface area contributed by atoms with Gasteiger partial charge in [-0.1, -0.05) is 0 Å². The highest BCUT2D eigenvalue weighted by Crippen LogP contribution is 2.32. The number of nitrogens with zero attached hydrogens (tertiary/aromatic N) is 2. The van der Waals surface area contributed by atoms with Gasteiger partial charge in [0.05, 0.1) is 12.8 Å². The number of ether oxygens (including phenoxy) is 2. The Bertz CT molecular complexity index is 810. The lowest BCUT2D eigenvalue weighted by Crippen LogP contribution is -2.42. The Hall–Kier alpha value is -2.33. The molecule has 0 bridgehead atoms. The van der Waals surface area contributed by atoms with Crippen molar-refractivity contribution in [2.75, 3.05) is 45.8 Å². The van der Waals surface area contributed by atoms with Gasteiger partial charge in [-0.15, -0.1) is 0 Å². The highest BCUT2D eigenvalue weighted by molar-refractivity contribution is 7.88. The van der Waals surface area contributed by atoms with Crippen molar-refractivity contribution in [2.24, 2.45) is 0 Å². The van der Waals surface area contributed by atoms with Crippen LogP contribution in [0.5, 0.6) is 11.5 Å². The van der Waals surface area contributed by atoms with Crippen LogP contribution in [0.25, 0.3) is 0 Å². The molecule has 0 atom stereocenters. The molecule has 1 N–H and O–H groups in total. The first kappa shape index (κ1) is 18.5. The van der Waals surface area contributed by atoms with Gasteiger partial charge in [0.25, 0.3) is 5.91 Å². The highest BCUT2D eigenvalue weighted by Gasteiger charge is 2.24. The van der Waals surface area contributed by atoms with E-state index in [4.69, 9.17) is 9.47 Å². The van der Waals surface area contributed by atoms with Crippen LogP contribution in [-0.2, 0) is 14.8 Å². The van der Waals surface area contributed by atoms with Crippen molar-refractivity contribution in [2.45, 2.75) is 6.42 Å². The second-order valence-corrected chi connectivity index (χ2v) is 8.13. The number of fused-ring (bicyclic) bond motifs is 1. The van der Waals surface area contributed by atoms with Crippen LogP contribution < -0.4 is 14.8 Å². The van der Waals surface area contributed by atoms with Gasteiger partial charge < -0.3 is 19.7 Å². The lowest BCUT2D eigenvalue weighted by molar-refractivity contribution is -0.129. The molecule has 2 aliphatic rings. The van der Waals surface area contributed by atoms with Crippen molar-refractivity contribution in [3.05, 3.63) is 23.8 Å². The first-order chi connectivity index (χ1) is 12.3. The Balaban J connectivity index is 1.53. The molecule has 10 heteroatoms. The SMILES string of the molecule is CS(=O)(=O)N1CCCN(C(=O)CNC(=O)c2ccc3c(c2)OCO3)CC1. The Morgan fingerprint density at radius 2 is 1.88 bits per heavy atom. The number of carbonyl (C=O) groups is 2. The van der Waals surface area contributed by atoms with Gasteiger partial charge >= 0.3 is 0 Å². The van der Waals surface area contributed by atoms with Gasteiger partial charge in [0, 0.05) is 31.7 Å². The highest BCUT2D eigenvalue weighted by atomic mass is 32.2. The van der Waals surface area contributed by atoms with Crippen molar-refractivity contribution >= 4 is 21.8 Å². The number of benzene rings is 1. The van der Waals surface area contributed by atoms with E-state index in [2.05, 4.69) is 5.32 Å². The van der Waals surface area contributed by atoms with Crippen LogP contribution >= 0.6 is 0 Å². The van der Waals surface area contributed by atoms with Crippen LogP contribution in [0.3, 0.4) is 0 Å². The third-order valence-electron chi connectivity index (χ3n) is 4.31. The van der Waals surface area contributed by atoms with Crippen molar-refractivity contribution < 1.29 is 27.5 Å². The summed E-state index contributed by atoms with van der Waals surface area (Å²) < 4.78 is 35.0. The number of hydrogen-bond acceptors (Lipinski definition) is 6. The predicted molar refractivity (Wildman–Crippen MR) is 92.5 cm³/mol. The molecule has 1 fully saturated rings. The summed E-state index contributed by atoms with van der Waals surface area (Å²) in [5.41, 5.74) is 0.376. The van der Waals surface area contributed by atoms with E-state index < -0.39 is 10.0 Å². The van der Waals surface area contributed by atoms with Crippen molar-refractivity contribution in [3.8, 4) is 11.5 Å². The van der Waals surface area contributed by atoms with Gasteiger partial charge in [-0.05, 0) is 24.6 Å². The zero-order chi connectivity index (χ0) is 18.7. The van der Waals surface area contributed by atoms with E-state index in [9.17, 15) is 18.0 Å². The van der Waals surface area contributed by atoms with Gasteiger partial charge in [-0.3, -0.25) is 9.59 Å².